The van der Waals surface area contributed by atoms with Crippen molar-refractivity contribution in [3.63, 3.8) is 0 Å². The molecule has 1 N–H and O–H groups in total. The minimum absolute atomic E-state index is 0.289. The summed E-state index contributed by atoms with van der Waals surface area (Å²) in [5.41, 5.74) is 0.317. The molecule has 1 aliphatic rings. The topological polar surface area (TPSA) is 40.5 Å². The Bertz CT molecular complexity index is 275. The van der Waals surface area contributed by atoms with Crippen molar-refractivity contribution >= 4 is 5.91 Å². The lowest BCUT2D eigenvalue weighted by Gasteiger charge is -2.34. The van der Waals surface area contributed by atoms with Crippen molar-refractivity contribution in [3.8, 4) is 0 Å². The van der Waals surface area contributed by atoms with Gasteiger partial charge in [0.2, 0.25) is 5.91 Å². The highest BCUT2D eigenvalue weighted by molar-refractivity contribution is 5.76. The average Bonchev–Trinajstić information content (AvgIpc) is 2.36. The van der Waals surface area contributed by atoms with E-state index in [1.54, 1.807) is 0 Å². The SMILES string of the molecule is CN(C(=O)CCCC(C)(C)C)C1CCC(CO)CC1. The van der Waals surface area contributed by atoms with Crippen LogP contribution in [0.15, 0.2) is 0 Å². The van der Waals surface area contributed by atoms with Gasteiger partial charge in [0.15, 0.2) is 0 Å². The van der Waals surface area contributed by atoms with Crippen LogP contribution in [0.5, 0.6) is 0 Å². The molecule has 1 amide bonds. The van der Waals surface area contributed by atoms with Crippen molar-refractivity contribution in [2.24, 2.45) is 11.3 Å². The van der Waals surface area contributed by atoms with Gasteiger partial charge in [-0.15, -0.1) is 0 Å². The molecule has 1 rings (SSSR count). The van der Waals surface area contributed by atoms with E-state index in [0.717, 1.165) is 38.5 Å². The van der Waals surface area contributed by atoms with Crippen LogP contribution < -0.4 is 0 Å². The molecule has 0 saturated heterocycles. The summed E-state index contributed by atoms with van der Waals surface area (Å²) in [6.45, 7) is 6.96. The van der Waals surface area contributed by atoms with Gasteiger partial charge in [0.25, 0.3) is 0 Å². The second kappa shape index (κ2) is 7.28. The molecule has 0 heterocycles. The van der Waals surface area contributed by atoms with E-state index in [1.165, 1.54) is 0 Å². The van der Waals surface area contributed by atoms with Gasteiger partial charge >= 0.3 is 0 Å². The standard InChI is InChI=1S/C16H31NO2/c1-16(2,3)11-5-6-15(19)17(4)14-9-7-13(12-18)8-10-14/h13-14,18H,5-12H2,1-4H3. The quantitative estimate of drug-likeness (QED) is 0.832. The van der Waals surface area contributed by atoms with Gasteiger partial charge in [-0.25, -0.2) is 0 Å². The van der Waals surface area contributed by atoms with E-state index in [2.05, 4.69) is 20.8 Å². The van der Waals surface area contributed by atoms with Crippen LogP contribution in [0.25, 0.3) is 0 Å². The summed E-state index contributed by atoms with van der Waals surface area (Å²) in [6, 6.07) is 0.393. The maximum absolute atomic E-state index is 12.2. The Morgan fingerprint density at radius 3 is 2.26 bits per heavy atom. The summed E-state index contributed by atoms with van der Waals surface area (Å²) in [6.07, 6.45) is 6.97. The zero-order valence-electron chi connectivity index (χ0n) is 13.1. The van der Waals surface area contributed by atoms with Crippen molar-refractivity contribution < 1.29 is 9.90 Å². The Kier molecular flexibility index (Phi) is 6.31. The molecule has 0 bridgehead atoms. The number of rotatable bonds is 5. The van der Waals surface area contributed by atoms with Crippen LogP contribution in [0, 0.1) is 11.3 Å². The monoisotopic (exact) mass is 269 g/mol. The molecule has 112 valence electrons. The molecule has 19 heavy (non-hydrogen) atoms. The number of hydrogen-bond acceptors (Lipinski definition) is 2. The predicted molar refractivity (Wildman–Crippen MR) is 78.9 cm³/mol. The first-order valence-corrected chi connectivity index (χ1v) is 7.70. The van der Waals surface area contributed by atoms with Crippen LogP contribution >= 0.6 is 0 Å². The van der Waals surface area contributed by atoms with Crippen LogP contribution in [-0.2, 0) is 4.79 Å². The minimum Gasteiger partial charge on any atom is -0.396 e. The fourth-order valence-corrected chi connectivity index (χ4v) is 2.86. The van der Waals surface area contributed by atoms with E-state index in [1.807, 2.05) is 11.9 Å². The highest BCUT2D eigenvalue weighted by Crippen LogP contribution is 2.27. The first-order chi connectivity index (χ1) is 8.83. The predicted octanol–water partition coefficient (Wildman–Crippen LogP) is 3.21. The van der Waals surface area contributed by atoms with Gasteiger partial charge in [0, 0.05) is 26.1 Å². The van der Waals surface area contributed by atoms with Crippen molar-refractivity contribution in [1.29, 1.82) is 0 Å². The molecule has 3 nitrogen and oxygen atoms in total. The summed E-state index contributed by atoms with van der Waals surface area (Å²) in [4.78, 5) is 14.1. The molecule has 1 aliphatic carbocycles. The summed E-state index contributed by atoms with van der Waals surface area (Å²) in [7, 11) is 1.95. The van der Waals surface area contributed by atoms with E-state index in [0.29, 0.717) is 30.4 Å². The number of hydrogen-bond donors (Lipinski definition) is 1. The number of carbonyl (C=O) groups is 1. The van der Waals surface area contributed by atoms with Crippen LogP contribution in [-0.4, -0.2) is 35.6 Å². The van der Waals surface area contributed by atoms with E-state index < -0.39 is 0 Å². The van der Waals surface area contributed by atoms with Crippen LogP contribution in [0.3, 0.4) is 0 Å². The third-order valence-corrected chi connectivity index (χ3v) is 4.33. The lowest BCUT2D eigenvalue weighted by atomic mass is 9.85. The Morgan fingerprint density at radius 1 is 1.21 bits per heavy atom. The molecule has 0 aromatic carbocycles. The second-order valence-electron chi connectivity index (χ2n) is 7.28. The molecule has 0 aromatic rings. The van der Waals surface area contributed by atoms with Gasteiger partial charge in [0.1, 0.15) is 0 Å². The van der Waals surface area contributed by atoms with Gasteiger partial charge in [0.05, 0.1) is 0 Å². The van der Waals surface area contributed by atoms with Gasteiger partial charge in [-0.1, -0.05) is 20.8 Å². The number of aliphatic hydroxyl groups excluding tert-OH is 1. The molecule has 0 aliphatic heterocycles. The average molecular weight is 269 g/mol. The zero-order chi connectivity index (χ0) is 14.5. The van der Waals surface area contributed by atoms with Crippen molar-refractivity contribution in [3.05, 3.63) is 0 Å². The molecule has 0 spiro atoms. The van der Waals surface area contributed by atoms with E-state index in [-0.39, 0.29) is 5.91 Å². The number of carbonyl (C=O) groups excluding carboxylic acids is 1. The van der Waals surface area contributed by atoms with Crippen molar-refractivity contribution in [2.75, 3.05) is 13.7 Å². The maximum Gasteiger partial charge on any atom is 0.222 e. The third-order valence-electron chi connectivity index (χ3n) is 4.33. The molecule has 1 fully saturated rings. The normalized spacial score (nSPS) is 24.3. The Labute approximate surface area is 118 Å². The molecule has 0 radical (unpaired) electrons. The number of amides is 1. The molecule has 0 unspecified atom stereocenters. The summed E-state index contributed by atoms with van der Waals surface area (Å²) in [5.74, 6) is 0.748. The van der Waals surface area contributed by atoms with Crippen molar-refractivity contribution in [1.82, 2.24) is 4.90 Å². The fraction of sp³-hybridized carbons (Fsp3) is 0.938. The third kappa shape index (κ3) is 5.94. The highest BCUT2D eigenvalue weighted by Gasteiger charge is 2.26. The second-order valence-corrected chi connectivity index (χ2v) is 7.28. The zero-order valence-corrected chi connectivity index (χ0v) is 13.1. The molecule has 1 saturated carbocycles. The lowest BCUT2D eigenvalue weighted by molar-refractivity contribution is -0.133. The first kappa shape index (κ1) is 16.5. The molecular weight excluding hydrogens is 238 g/mol. The molecular formula is C16H31NO2. The largest absolute Gasteiger partial charge is 0.396 e. The minimum atomic E-state index is 0.289. The van der Waals surface area contributed by atoms with Gasteiger partial charge in [-0.2, -0.15) is 0 Å². The van der Waals surface area contributed by atoms with E-state index in [4.69, 9.17) is 5.11 Å². The Hall–Kier alpha value is -0.570. The Morgan fingerprint density at radius 2 is 1.79 bits per heavy atom. The highest BCUT2D eigenvalue weighted by atomic mass is 16.3. The van der Waals surface area contributed by atoms with Gasteiger partial charge in [-0.3, -0.25) is 4.79 Å². The van der Waals surface area contributed by atoms with E-state index in [9.17, 15) is 4.79 Å². The summed E-state index contributed by atoms with van der Waals surface area (Å²) < 4.78 is 0. The smallest absolute Gasteiger partial charge is 0.222 e. The molecule has 0 atom stereocenters. The lowest BCUT2D eigenvalue weighted by Crippen LogP contribution is -2.39. The number of nitrogens with zero attached hydrogens (tertiary/aromatic N) is 1. The van der Waals surface area contributed by atoms with Gasteiger partial charge in [-0.05, 0) is 49.9 Å². The summed E-state index contributed by atoms with van der Waals surface area (Å²) in [5, 5.41) is 9.14. The van der Waals surface area contributed by atoms with E-state index >= 15 is 0 Å². The van der Waals surface area contributed by atoms with Gasteiger partial charge < -0.3 is 10.0 Å². The molecule has 3 heteroatoms. The first-order valence-electron chi connectivity index (χ1n) is 7.70. The van der Waals surface area contributed by atoms with Crippen molar-refractivity contribution in [2.45, 2.75) is 71.8 Å². The Balaban J connectivity index is 2.29. The maximum atomic E-state index is 12.2. The fourth-order valence-electron chi connectivity index (χ4n) is 2.86. The van der Waals surface area contributed by atoms with Crippen LogP contribution in [0.1, 0.15) is 65.7 Å². The van der Waals surface area contributed by atoms with Crippen LogP contribution in [0.4, 0.5) is 0 Å². The van der Waals surface area contributed by atoms with Crippen LogP contribution in [0.2, 0.25) is 0 Å². The number of aliphatic hydroxyl groups is 1. The summed E-state index contributed by atoms with van der Waals surface area (Å²) >= 11 is 0. The molecule has 0 aromatic heterocycles.